The van der Waals surface area contributed by atoms with Gasteiger partial charge in [0, 0.05) is 22.8 Å². The van der Waals surface area contributed by atoms with Crippen LogP contribution in [0.2, 0.25) is 0 Å². The van der Waals surface area contributed by atoms with E-state index in [9.17, 15) is 26.7 Å². The Hall–Kier alpha value is -2.67. The number of alkyl halides is 3. The predicted octanol–water partition coefficient (Wildman–Crippen LogP) is 4.14. The predicted molar refractivity (Wildman–Crippen MR) is 80.0 cm³/mol. The lowest BCUT2D eigenvalue weighted by atomic mass is 10.2. The number of nitriles is 1. The van der Waals surface area contributed by atoms with Gasteiger partial charge < -0.3 is 5.32 Å². The molecule has 1 N–H and O–H groups in total. The minimum atomic E-state index is -4.47. The van der Waals surface area contributed by atoms with Gasteiger partial charge in [-0.05, 0) is 18.2 Å². The number of halogens is 5. The number of hydrogen-bond donors (Lipinski definition) is 1. The normalized spacial score (nSPS) is 11.0. The fourth-order valence-corrected chi connectivity index (χ4v) is 2.53. The molecule has 0 fully saturated rings. The van der Waals surface area contributed by atoms with Crippen LogP contribution in [0.4, 0.5) is 27.6 Å². The van der Waals surface area contributed by atoms with Crippen LogP contribution in [0.1, 0.15) is 16.1 Å². The van der Waals surface area contributed by atoms with Crippen molar-refractivity contribution in [2.24, 2.45) is 0 Å². The van der Waals surface area contributed by atoms with E-state index in [-0.39, 0.29) is 21.8 Å². The van der Waals surface area contributed by atoms with Crippen molar-refractivity contribution in [2.45, 2.75) is 11.1 Å². The average Bonchev–Trinajstić information content (AvgIpc) is 2.51. The van der Waals surface area contributed by atoms with E-state index in [1.807, 2.05) is 0 Å². The summed E-state index contributed by atoms with van der Waals surface area (Å²) in [5.41, 5.74) is -0.665. The summed E-state index contributed by atoms with van der Waals surface area (Å²) in [6, 6.07) is 4.95. The molecule has 0 spiro atoms. The second kappa shape index (κ2) is 7.48. The molecule has 2 aromatic rings. The monoisotopic (exact) mass is 373 g/mol. The van der Waals surface area contributed by atoms with E-state index in [1.54, 1.807) is 6.07 Å². The standard InChI is InChI=1S/C15H8F5N3OS/c16-8-1-9(17)3-10(2-8)23-14(24)12-4-11(5-21)22-6-13(12)25-7-15(18,19)20/h1-4,6H,7H2,(H,23,24). The summed E-state index contributed by atoms with van der Waals surface area (Å²) in [7, 11) is 0. The molecule has 0 aliphatic carbocycles. The molecular formula is C15H8F5N3OS. The maximum atomic E-state index is 13.2. The molecule has 4 nitrogen and oxygen atoms in total. The molecule has 2 rings (SSSR count). The van der Waals surface area contributed by atoms with Gasteiger partial charge in [-0.2, -0.15) is 18.4 Å². The number of pyridine rings is 1. The zero-order valence-corrected chi connectivity index (χ0v) is 13.0. The number of benzene rings is 1. The van der Waals surface area contributed by atoms with Crippen molar-refractivity contribution in [3.63, 3.8) is 0 Å². The molecule has 0 aliphatic rings. The third-order valence-electron chi connectivity index (χ3n) is 2.74. The van der Waals surface area contributed by atoms with Gasteiger partial charge in [-0.15, -0.1) is 11.8 Å². The molecule has 0 aliphatic heterocycles. The Morgan fingerprint density at radius 3 is 2.40 bits per heavy atom. The lowest BCUT2D eigenvalue weighted by Crippen LogP contribution is -2.16. The molecule has 0 bridgehead atoms. The van der Waals surface area contributed by atoms with Crippen LogP contribution < -0.4 is 5.32 Å². The van der Waals surface area contributed by atoms with Gasteiger partial charge >= 0.3 is 6.18 Å². The van der Waals surface area contributed by atoms with Crippen molar-refractivity contribution < 1.29 is 26.7 Å². The van der Waals surface area contributed by atoms with Gasteiger partial charge in [-0.3, -0.25) is 4.79 Å². The highest BCUT2D eigenvalue weighted by molar-refractivity contribution is 7.99. The Bertz CT molecular complexity index is 828. The van der Waals surface area contributed by atoms with E-state index in [2.05, 4.69) is 10.3 Å². The molecule has 0 radical (unpaired) electrons. The molecule has 0 atom stereocenters. The average molecular weight is 373 g/mol. The largest absolute Gasteiger partial charge is 0.398 e. The zero-order valence-electron chi connectivity index (χ0n) is 12.2. The summed E-state index contributed by atoms with van der Waals surface area (Å²) in [4.78, 5) is 15.8. The maximum absolute atomic E-state index is 13.2. The first-order valence-electron chi connectivity index (χ1n) is 6.55. The highest BCUT2D eigenvalue weighted by Gasteiger charge is 2.28. The van der Waals surface area contributed by atoms with Crippen LogP contribution in [0, 0.1) is 23.0 Å². The molecule has 25 heavy (non-hydrogen) atoms. The summed E-state index contributed by atoms with van der Waals surface area (Å²) in [5.74, 6) is -4.06. The number of aromatic nitrogens is 1. The van der Waals surface area contributed by atoms with Crippen LogP contribution >= 0.6 is 11.8 Å². The smallest absolute Gasteiger partial charge is 0.322 e. The summed E-state index contributed by atoms with van der Waals surface area (Å²) < 4.78 is 63.4. The lowest BCUT2D eigenvalue weighted by Gasteiger charge is -2.11. The topological polar surface area (TPSA) is 65.8 Å². The first-order valence-corrected chi connectivity index (χ1v) is 7.53. The van der Waals surface area contributed by atoms with E-state index in [4.69, 9.17) is 5.26 Å². The Kier molecular flexibility index (Phi) is 5.58. The van der Waals surface area contributed by atoms with Gasteiger partial charge in [0.15, 0.2) is 0 Å². The second-order valence-electron chi connectivity index (χ2n) is 4.69. The van der Waals surface area contributed by atoms with Crippen molar-refractivity contribution in [2.75, 3.05) is 11.1 Å². The van der Waals surface area contributed by atoms with Gasteiger partial charge in [0.1, 0.15) is 23.4 Å². The SMILES string of the molecule is N#Cc1cc(C(=O)Nc2cc(F)cc(F)c2)c(SCC(F)(F)F)cn1. The van der Waals surface area contributed by atoms with Gasteiger partial charge in [0.05, 0.1) is 11.3 Å². The Labute approximate surface area is 142 Å². The van der Waals surface area contributed by atoms with E-state index in [0.717, 1.165) is 24.4 Å². The number of hydrogen-bond acceptors (Lipinski definition) is 4. The van der Waals surface area contributed by atoms with E-state index >= 15 is 0 Å². The molecule has 0 saturated carbocycles. The summed E-state index contributed by atoms with van der Waals surface area (Å²) >= 11 is 0.312. The van der Waals surface area contributed by atoms with Crippen molar-refractivity contribution >= 4 is 23.4 Å². The molecule has 130 valence electrons. The number of carbonyl (C=O) groups excluding carboxylic acids is 1. The van der Waals surface area contributed by atoms with Gasteiger partial charge in [0.25, 0.3) is 5.91 Å². The number of nitrogens with zero attached hydrogens (tertiary/aromatic N) is 2. The quantitative estimate of drug-likeness (QED) is 0.646. The Morgan fingerprint density at radius 2 is 1.84 bits per heavy atom. The third kappa shape index (κ3) is 5.42. The number of thioether (sulfide) groups is 1. The van der Waals surface area contributed by atoms with Crippen LogP contribution in [0.3, 0.4) is 0 Å². The minimum Gasteiger partial charge on any atom is -0.322 e. The van der Waals surface area contributed by atoms with Crippen molar-refractivity contribution in [1.29, 1.82) is 5.26 Å². The number of rotatable bonds is 4. The highest BCUT2D eigenvalue weighted by atomic mass is 32.2. The number of anilines is 1. The third-order valence-corrected chi connectivity index (χ3v) is 3.85. The maximum Gasteiger partial charge on any atom is 0.398 e. The van der Waals surface area contributed by atoms with Gasteiger partial charge in [-0.25, -0.2) is 13.8 Å². The zero-order chi connectivity index (χ0) is 18.6. The first kappa shape index (κ1) is 18.7. The van der Waals surface area contributed by atoms with Crippen LogP contribution in [0.15, 0.2) is 35.4 Å². The van der Waals surface area contributed by atoms with Crippen LogP contribution in [0.5, 0.6) is 0 Å². The molecule has 1 aromatic heterocycles. The molecule has 0 saturated heterocycles. The van der Waals surface area contributed by atoms with Crippen molar-refractivity contribution in [1.82, 2.24) is 4.98 Å². The van der Waals surface area contributed by atoms with Gasteiger partial charge in [0.2, 0.25) is 0 Å². The van der Waals surface area contributed by atoms with Crippen molar-refractivity contribution in [3.05, 3.63) is 53.4 Å². The summed E-state index contributed by atoms with van der Waals surface area (Å²) in [6.45, 7) is 0. The number of carbonyl (C=O) groups is 1. The molecular weight excluding hydrogens is 365 g/mol. The minimum absolute atomic E-state index is 0.120. The fourth-order valence-electron chi connectivity index (χ4n) is 1.78. The molecule has 1 heterocycles. The molecule has 10 heteroatoms. The molecule has 0 unspecified atom stereocenters. The van der Waals surface area contributed by atoms with Crippen molar-refractivity contribution in [3.8, 4) is 6.07 Å². The van der Waals surface area contributed by atoms with Gasteiger partial charge in [-0.1, -0.05) is 0 Å². The van der Waals surface area contributed by atoms with E-state index in [0.29, 0.717) is 17.8 Å². The van der Waals surface area contributed by atoms with Crippen LogP contribution in [-0.4, -0.2) is 22.8 Å². The fraction of sp³-hybridized carbons (Fsp3) is 0.133. The number of nitrogens with one attached hydrogen (secondary N) is 1. The first-order chi connectivity index (χ1) is 11.7. The highest BCUT2D eigenvalue weighted by Crippen LogP contribution is 2.30. The van der Waals surface area contributed by atoms with Crippen LogP contribution in [-0.2, 0) is 0 Å². The van der Waals surface area contributed by atoms with E-state index in [1.165, 1.54) is 0 Å². The van der Waals surface area contributed by atoms with E-state index < -0.39 is 29.5 Å². The second-order valence-corrected chi connectivity index (χ2v) is 5.71. The Balaban J connectivity index is 2.31. The lowest BCUT2D eigenvalue weighted by molar-refractivity contribution is -0.105. The molecule has 1 aromatic carbocycles. The molecule has 1 amide bonds. The summed E-state index contributed by atoms with van der Waals surface area (Å²) in [5, 5.41) is 11.0. The summed E-state index contributed by atoms with van der Waals surface area (Å²) in [6.07, 6.45) is -3.51. The Morgan fingerprint density at radius 1 is 1.20 bits per heavy atom. The number of amides is 1. The van der Waals surface area contributed by atoms with Crippen LogP contribution in [0.25, 0.3) is 0 Å².